The molecule has 11 heteroatoms. The van der Waals surface area contributed by atoms with Crippen molar-refractivity contribution in [3.05, 3.63) is 60.8 Å². The van der Waals surface area contributed by atoms with Crippen molar-refractivity contribution in [2.24, 2.45) is 5.41 Å². The lowest BCUT2D eigenvalue weighted by Gasteiger charge is -2.39. The average Bonchev–Trinajstić information content (AvgIpc) is 3.63. The van der Waals surface area contributed by atoms with Crippen LogP contribution in [0.5, 0.6) is 0 Å². The SMILES string of the molecule is O=C(NCC(=O)N1CCC2(CC1)CCN(C(=O)CSc1nccc(-c3ccccn3)n1)C2)c1ccco1. The van der Waals surface area contributed by atoms with Gasteiger partial charge >= 0.3 is 0 Å². The predicted octanol–water partition coefficient (Wildman–Crippen LogP) is 2.49. The van der Waals surface area contributed by atoms with Gasteiger partial charge in [0.05, 0.1) is 29.9 Å². The van der Waals surface area contributed by atoms with E-state index in [1.54, 1.807) is 29.4 Å². The van der Waals surface area contributed by atoms with E-state index < -0.39 is 5.91 Å². The minimum atomic E-state index is -0.400. The highest BCUT2D eigenvalue weighted by Crippen LogP contribution is 2.40. The first kappa shape index (κ1) is 24.9. The highest BCUT2D eigenvalue weighted by molar-refractivity contribution is 7.99. The van der Waals surface area contributed by atoms with Crippen LogP contribution in [0.4, 0.5) is 0 Å². The molecule has 0 radical (unpaired) electrons. The van der Waals surface area contributed by atoms with Crippen LogP contribution in [0.1, 0.15) is 29.8 Å². The van der Waals surface area contributed by atoms with Crippen LogP contribution in [0.25, 0.3) is 11.4 Å². The fourth-order valence-corrected chi connectivity index (χ4v) is 5.57. The Morgan fingerprint density at radius 1 is 0.919 bits per heavy atom. The standard InChI is InChI=1S/C26H28N6O4S/c33-22(16-29-24(35)21-5-3-15-36-21)31-12-7-26(8-13-31)9-14-32(18-26)23(34)17-37-25-28-11-6-20(30-25)19-4-1-2-10-27-19/h1-6,10-11,15H,7-9,12-14,16-18H2,(H,29,35). The number of carbonyl (C=O) groups is 3. The third kappa shape index (κ3) is 5.99. The van der Waals surface area contributed by atoms with Gasteiger partial charge in [0.1, 0.15) is 0 Å². The number of rotatable bonds is 7. The Morgan fingerprint density at radius 2 is 1.73 bits per heavy atom. The first-order valence-corrected chi connectivity index (χ1v) is 13.2. The fourth-order valence-electron chi connectivity index (χ4n) is 4.83. The van der Waals surface area contributed by atoms with Crippen LogP contribution in [-0.2, 0) is 9.59 Å². The summed E-state index contributed by atoms with van der Waals surface area (Å²) in [7, 11) is 0. The highest BCUT2D eigenvalue weighted by Gasteiger charge is 2.42. The molecule has 0 aromatic carbocycles. The van der Waals surface area contributed by atoms with Crippen molar-refractivity contribution in [1.82, 2.24) is 30.1 Å². The molecule has 3 aromatic rings. The lowest BCUT2D eigenvalue weighted by molar-refractivity contribution is -0.133. The Labute approximate surface area is 218 Å². The molecule has 0 atom stereocenters. The van der Waals surface area contributed by atoms with Crippen molar-refractivity contribution in [2.45, 2.75) is 24.4 Å². The minimum Gasteiger partial charge on any atom is -0.459 e. The van der Waals surface area contributed by atoms with Gasteiger partial charge in [0.15, 0.2) is 10.9 Å². The number of carbonyl (C=O) groups excluding carboxylic acids is 3. The molecule has 5 heterocycles. The van der Waals surface area contributed by atoms with E-state index in [1.165, 1.54) is 18.0 Å². The minimum absolute atomic E-state index is 0.0456. The number of amides is 3. The van der Waals surface area contributed by atoms with Crippen LogP contribution in [-0.4, -0.2) is 80.9 Å². The molecule has 0 aliphatic carbocycles. The van der Waals surface area contributed by atoms with E-state index in [9.17, 15) is 14.4 Å². The average molecular weight is 521 g/mol. The van der Waals surface area contributed by atoms with Crippen LogP contribution >= 0.6 is 11.8 Å². The Balaban J connectivity index is 1.07. The normalized spacial score (nSPS) is 16.6. The quantitative estimate of drug-likeness (QED) is 0.373. The first-order chi connectivity index (χ1) is 18.0. The summed E-state index contributed by atoms with van der Waals surface area (Å²) in [4.78, 5) is 54.4. The van der Waals surface area contributed by atoms with Crippen LogP contribution in [0, 0.1) is 5.41 Å². The van der Waals surface area contributed by atoms with Crippen molar-refractivity contribution in [1.29, 1.82) is 0 Å². The molecule has 3 aromatic heterocycles. The van der Waals surface area contributed by atoms with Crippen LogP contribution < -0.4 is 5.32 Å². The monoisotopic (exact) mass is 520 g/mol. The zero-order valence-electron chi connectivity index (χ0n) is 20.3. The van der Waals surface area contributed by atoms with Crippen molar-refractivity contribution in [3.63, 3.8) is 0 Å². The van der Waals surface area contributed by atoms with E-state index in [2.05, 4.69) is 20.3 Å². The smallest absolute Gasteiger partial charge is 0.287 e. The van der Waals surface area contributed by atoms with Crippen molar-refractivity contribution < 1.29 is 18.8 Å². The van der Waals surface area contributed by atoms with Crippen LogP contribution in [0.2, 0.25) is 0 Å². The number of hydrogen-bond acceptors (Lipinski definition) is 8. The Bertz CT molecular complexity index is 1240. The maximum Gasteiger partial charge on any atom is 0.287 e. The van der Waals surface area contributed by atoms with Gasteiger partial charge in [-0.15, -0.1) is 0 Å². The van der Waals surface area contributed by atoms with Gasteiger partial charge in [-0.05, 0) is 55.0 Å². The summed E-state index contributed by atoms with van der Waals surface area (Å²) in [5.74, 6) is 0.0370. The lowest BCUT2D eigenvalue weighted by Crippen LogP contribution is -2.47. The maximum atomic E-state index is 12.9. The second-order valence-electron chi connectivity index (χ2n) is 9.33. The third-order valence-electron chi connectivity index (χ3n) is 7.00. The number of furan rings is 1. The topological polar surface area (TPSA) is 122 Å². The van der Waals surface area contributed by atoms with Gasteiger partial charge < -0.3 is 19.5 Å². The van der Waals surface area contributed by atoms with E-state index in [-0.39, 0.29) is 35.3 Å². The number of piperidine rings is 1. The molecule has 2 aliphatic rings. The molecule has 10 nitrogen and oxygen atoms in total. The Hall–Kier alpha value is -3.73. The largest absolute Gasteiger partial charge is 0.459 e. The van der Waals surface area contributed by atoms with Crippen molar-refractivity contribution in [2.75, 3.05) is 38.5 Å². The van der Waals surface area contributed by atoms with Gasteiger partial charge in [-0.25, -0.2) is 9.97 Å². The highest BCUT2D eigenvalue weighted by atomic mass is 32.2. The molecule has 1 N–H and O–H groups in total. The second kappa shape index (κ2) is 11.1. The van der Waals surface area contributed by atoms with Gasteiger partial charge in [0.25, 0.3) is 5.91 Å². The molecular weight excluding hydrogens is 492 g/mol. The van der Waals surface area contributed by atoms with Gasteiger partial charge in [-0.1, -0.05) is 17.8 Å². The molecule has 3 amide bonds. The number of thioether (sulfide) groups is 1. The summed E-state index contributed by atoms with van der Waals surface area (Å²) < 4.78 is 5.05. The predicted molar refractivity (Wildman–Crippen MR) is 136 cm³/mol. The molecule has 0 bridgehead atoms. The summed E-state index contributed by atoms with van der Waals surface area (Å²) in [6, 6.07) is 10.6. The van der Waals surface area contributed by atoms with Gasteiger partial charge in [-0.2, -0.15) is 0 Å². The molecule has 0 unspecified atom stereocenters. The molecule has 1 spiro atoms. The summed E-state index contributed by atoms with van der Waals surface area (Å²) in [5.41, 5.74) is 1.54. The van der Waals surface area contributed by atoms with Gasteiger partial charge in [0.2, 0.25) is 11.8 Å². The summed E-state index contributed by atoms with van der Waals surface area (Å²) in [6.07, 6.45) is 7.45. The van der Waals surface area contributed by atoms with E-state index in [4.69, 9.17) is 4.42 Å². The summed E-state index contributed by atoms with van der Waals surface area (Å²) in [6.45, 7) is 2.62. The number of aromatic nitrogens is 3. The van der Waals surface area contributed by atoms with Crippen LogP contribution in [0.15, 0.2) is 64.6 Å². The number of pyridine rings is 1. The first-order valence-electron chi connectivity index (χ1n) is 12.3. The van der Waals surface area contributed by atoms with E-state index in [0.29, 0.717) is 24.8 Å². The summed E-state index contributed by atoms with van der Waals surface area (Å²) in [5, 5.41) is 3.16. The zero-order valence-corrected chi connectivity index (χ0v) is 21.2. The molecule has 2 saturated heterocycles. The van der Waals surface area contributed by atoms with Gasteiger partial charge in [-0.3, -0.25) is 19.4 Å². The molecular formula is C26H28N6O4S. The molecule has 2 aliphatic heterocycles. The van der Waals surface area contributed by atoms with E-state index in [0.717, 1.165) is 37.2 Å². The molecule has 192 valence electrons. The summed E-state index contributed by atoms with van der Waals surface area (Å²) >= 11 is 1.34. The molecule has 0 saturated carbocycles. The maximum absolute atomic E-state index is 12.9. The zero-order chi connectivity index (χ0) is 25.7. The third-order valence-corrected chi connectivity index (χ3v) is 7.84. The number of nitrogens with one attached hydrogen (secondary N) is 1. The van der Waals surface area contributed by atoms with Crippen molar-refractivity contribution >= 4 is 29.5 Å². The van der Waals surface area contributed by atoms with E-state index >= 15 is 0 Å². The van der Waals surface area contributed by atoms with Crippen molar-refractivity contribution in [3.8, 4) is 11.4 Å². The lowest BCUT2D eigenvalue weighted by atomic mass is 9.78. The number of hydrogen-bond donors (Lipinski definition) is 1. The van der Waals surface area contributed by atoms with E-state index in [1.807, 2.05) is 29.2 Å². The molecule has 5 rings (SSSR count). The number of nitrogens with zero attached hydrogens (tertiary/aromatic N) is 5. The Kier molecular flexibility index (Phi) is 7.50. The fraction of sp³-hybridized carbons (Fsp3) is 0.385. The van der Waals surface area contributed by atoms with Crippen LogP contribution in [0.3, 0.4) is 0 Å². The number of likely N-dealkylation sites (tertiary alicyclic amines) is 2. The Morgan fingerprint density at radius 3 is 2.46 bits per heavy atom. The second-order valence-corrected chi connectivity index (χ2v) is 10.3. The molecule has 37 heavy (non-hydrogen) atoms. The van der Waals surface area contributed by atoms with Gasteiger partial charge in [0, 0.05) is 38.6 Å². The molecule has 2 fully saturated rings.